The van der Waals surface area contributed by atoms with Crippen molar-refractivity contribution in [2.75, 3.05) is 6.54 Å². The zero-order chi connectivity index (χ0) is 19.2. The van der Waals surface area contributed by atoms with Gasteiger partial charge in [-0.2, -0.15) is 5.26 Å². The van der Waals surface area contributed by atoms with Crippen LogP contribution in [-0.4, -0.2) is 28.5 Å². The summed E-state index contributed by atoms with van der Waals surface area (Å²) in [7, 11) is 0. The van der Waals surface area contributed by atoms with E-state index in [2.05, 4.69) is 43.6 Å². The van der Waals surface area contributed by atoms with Crippen molar-refractivity contribution >= 4 is 11.6 Å². The molecule has 0 fully saturated rings. The minimum absolute atomic E-state index is 0.424. The lowest BCUT2D eigenvalue weighted by Gasteiger charge is -2.35. The highest BCUT2D eigenvalue weighted by Gasteiger charge is 2.35. The van der Waals surface area contributed by atoms with Gasteiger partial charge in [0.1, 0.15) is 0 Å². The van der Waals surface area contributed by atoms with Gasteiger partial charge in [-0.3, -0.25) is 9.88 Å². The molecule has 0 N–H and O–H groups in total. The molecule has 0 aliphatic carbocycles. The highest BCUT2D eigenvalue weighted by atomic mass is 35.5. The molecule has 0 bridgehead atoms. The van der Waals surface area contributed by atoms with Crippen molar-refractivity contribution in [2.45, 2.75) is 58.0 Å². The average Bonchev–Trinajstić information content (AvgIpc) is 2.61. The van der Waals surface area contributed by atoms with Gasteiger partial charge in [0.25, 0.3) is 0 Å². The van der Waals surface area contributed by atoms with E-state index in [1.165, 1.54) is 0 Å². The normalized spacial score (nSPS) is 13.8. The van der Waals surface area contributed by atoms with Crippen molar-refractivity contribution in [3.8, 4) is 6.07 Å². The van der Waals surface area contributed by atoms with Crippen molar-refractivity contribution in [3.63, 3.8) is 0 Å². The lowest BCUT2D eigenvalue weighted by molar-refractivity contribution is 0.162. The zero-order valence-corrected chi connectivity index (χ0v) is 16.9. The second-order valence-corrected chi connectivity index (χ2v) is 7.75. The van der Waals surface area contributed by atoms with Gasteiger partial charge >= 0.3 is 0 Å². The first-order valence-corrected chi connectivity index (χ1v) is 9.59. The Labute approximate surface area is 162 Å². The van der Waals surface area contributed by atoms with Gasteiger partial charge in [0.2, 0.25) is 0 Å². The number of nitrogens with zero attached hydrogens (tertiary/aromatic N) is 3. The summed E-state index contributed by atoms with van der Waals surface area (Å²) in [5, 5.41) is 10.9. The maximum absolute atomic E-state index is 10.3. The largest absolute Gasteiger partial charge is 0.298 e. The van der Waals surface area contributed by atoms with Crippen LogP contribution in [0, 0.1) is 11.3 Å². The minimum Gasteiger partial charge on any atom is -0.298 e. The Kier molecular flexibility index (Phi) is 7.20. The highest BCUT2D eigenvalue weighted by Crippen LogP contribution is 2.36. The fourth-order valence-electron chi connectivity index (χ4n) is 3.57. The van der Waals surface area contributed by atoms with Crippen LogP contribution in [0.1, 0.15) is 45.4 Å². The van der Waals surface area contributed by atoms with Gasteiger partial charge < -0.3 is 0 Å². The Morgan fingerprint density at radius 2 is 1.73 bits per heavy atom. The fourth-order valence-corrected chi connectivity index (χ4v) is 3.88. The monoisotopic (exact) mass is 369 g/mol. The molecular weight excluding hydrogens is 342 g/mol. The van der Waals surface area contributed by atoms with Crippen molar-refractivity contribution in [1.29, 1.82) is 5.26 Å². The number of hydrogen-bond acceptors (Lipinski definition) is 3. The molecule has 2 aromatic rings. The summed E-state index contributed by atoms with van der Waals surface area (Å²) in [6, 6.07) is 17.0. The van der Waals surface area contributed by atoms with Crippen LogP contribution in [0.2, 0.25) is 5.02 Å². The summed E-state index contributed by atoms with van der Waals surface area (Å²) < 4.78 is 0. The molecule has 1 unspecified atom stereocenters. The molecule has 26 heavy (non-hydrogen) atoms. The third-order valence-electron chi connectivity index (χ3n) is 4.94. The molecule has 1 heterocycles. The molecular formula is C22H28ClN3. The number of rotatable bonds is 8. The summed E-state index contributed by atoms with van der Waals surface area (Å²) >= 11 is 6.51. The molecule has 138 valence electrons. The molecule has 0 aliphatic rings. The van der Waals surface area contributed by atoms with E-state index in [1.807, 2.05) is 42.5 Å². The first-order chi connectivity index (χ1) is 12.4. The average molecular weight is 370 g/mol. The first kappa shape index (κ1) is 20.4. The number of nitriles is 1. The Hall–Kier alpha value is -1.89. The zero-order valence-electron chi connectivity index (χ0n) is 16.1. The van der Waals surface area contributed by atoms with E-state index >= 15 is 0 Å². The van der Waals surface area contributed by atoms with Crippen molar-refractivity contribution in [1.82, 2.24) is 9.88 Å². The highest BCUT2D eigenvalue weighted by molar-refractivity contribution is 6.31. The molecule has 0 amide bonds. The lowest BCUT2D eigenvalue weighted by Crippen LogP contribution is -2.41. The number of benzene rings is 1. The summed E-state index contributed by atoms with van der Waals surface area (Å²) in [4.78, 5) is 6.87. The SMILES string of the molecule is CC(C)N(CCC(C#N)(Cc1ccccn1)c1ccccc1Cl)C(C)C. The molecule has 0 radical (unpaired) electrons. The Bertz CT molecular complexity index is 729. The van der Waals surface area contributed by atoms with Crippen LogP contribution in [0.15, 0.2) is 48.7 Å². The smallest absolute Gasteiger partial charge is 0.0904 e. The maximum Gasteiger partial charge on any atom is 0.0904 e. The van der Waals surface area contributed by atoms with E-state index in [9.17, 15) is 5.26 Å². The molecule has 0 aliphatic heterocycles. The number of hydrogen-bond donors (Lipinski definition) is 0. The molecule has 1 aromatic heterocycles. The molecule has 0 saturated heterocycles. The van der Waals surface area contributed by atoms with E-state index in [0.29, 0.717) is 29.9 Å². The van der Waals surface area contributed by atoms with Crippen LogP contribution in [-0.2, 0) is 11.8 Å². The molecule has 1 aromatic carbocycles. The summed E-state index contributed by atoms with van der Waals surface area (Å²) in [5.41, 5.74) is 1.10. The third kappa shape index (κ3) is 4.84. The minimum atomic E-state index is -0.700. The van der Waals surface area contributed by atoms with E-state index < -0.39 is 5.41 Å². The van der Waals surface area contributed by atoms with Crippen LogP contribution in [0.25, 0.3) is 0 Å². The third-order valence-corrected chi connectivity index (χ3v) is 5.27. The number of pyridine rings is 1. The molecule has 3 nitrogen and oxygen atoms in total. The second-order valence-electron chi connectivity index (χ2n) is 7.35. The summed E-state index contributed by atoms with van der Waals surface area (Å²) in [6.07, 6.45) is 3.04. The van der Waals surface area contributed by atoms with E-state index in [0.717, 1.165) is 17.8 Å². The molecule has 1 atom stereocenters. The van der Waals surface area contributed by atoms with Crippen LogP contribution < -0.4 is 0 Å². The molecule has 0 spiro atoms. The first-order valence-electron chi connectivity index (χ1n) is 9.21. The Morgan fingerprint density at radius 3 is 2.27 bits per heavy atom. The van der Waals surface area contributed by atoms with Gasteiger partial charge in [0.05, 0.1) is 11.5 Å². The van der Waals surface area contributed by atoms with E-state index in [-0.39, 0.29) is 0 Å². The molecule has 2 rings (SSSR count). The Balaban J connectivity index is 2.41. The van der Waals surface area contributed by atoms with Gasteiger partial charge in [-0.05, 0) is 57.9 Å². The van der Waals surface area contributed by atoms with Crippen LogP contribution in [0.3, 0.4) is 0 Å². The van der Waals surface area contributed by atoms with Crippen LogP contribution >= 0.6 is 11.6 Å². The predicted molar refractivity (Wildman–Crippen MR) is 108 cm³/mol. The standard InChI is InChI=1S/C22H28ClN3/c1-17(2)26(18(3)4)14-12-22(16-24,15-19-9-7-8-13-25-19)20-10-5-6-11-21(20)23/h5-11,13,17-18H,12,14-15H2,1-4H3. The summed E-state index contributed by atoms with van der Waals surface area (Å²) in [6.45, 7) is 9.62. The van der Waals surface area contributed by atoms with E-state index in [1.54, 1.807) is 6.20 Å². The lowest BCUT2D eigenvalue weighted by atomic mass is 9.75. The fraction of sp³-hybridized carbons (Fsp3) is 0.455. The van der Waals surface area contributed by atoms with Crippen molar-refractivity contribution < 1.29 is 0 Å². The molecule has 0 saturated carbocycles. The van der Waals surface area contributed by atoms with Gasteiger partial charge in [0, 0.05) is 42.0 Å². The maximum atomic E-state index is 10.3. The van der Waals surface area contributed by atoms with E-state index in [4.69, 9.17) is 11.6 Å². The second kappa shape index (κ2) is 9.16. The van der Waals surface area contributed by atoms with Crippen LogP contribution in [0.4, 0.5) is 0 Å². The van der Waals surface area contributed by atoms with Crippen molar-refractivity contribution in [3.05, 3.63) is 64.9 Å². The quantitative estimate of drug-likeness (QED) is 0.638. The van der Waals surface area contributed by atoms with Gasteiger partial charge in [0.15, 0.2) is 0 Å². The summed E-state index contributed by atoms with van der Waals surface area (Å²) in [5.74, 6) is 0. The predicted octanol–water partition coefficient (Wildman–Crippen LogP) is 5.25. The van der Waals surface area contributed by atoms with Crippen molar-refractivity contribution in [2.24, 2.45) is 0 Å². The number of halogens is 1. The topological polar surface area (TPSA) is 39.9 Å². The Morgan fingerprint density at radius 1 is 1.08 bits per heavy atom. The van der Waals surface area contributed by atoms with Gasteiger partial charge in [-0.1, -0.05) is 35.9 Å². The van der Waals surface area contributed by atoms with Gasteiger partial charge in [-0.15, -0.1) is 0 Å². The van der Waals surface area contributed by atoms with Gasteiger partial charge in [-0.25, -0.2) is 0 Å². The van der Waals surface area contributed by atoms with Crippen LogP contribution in [0.5, 0.6) is 0 Å². The molecule has 4 heteroatoms. The number of aromatic nitrogens is 1.